The highest BCUT2D eigenvalue weighted by atomic mass is 35.5. The number of hydrogen-bond acceptors (Lipinski definition) is 7. The largest absolute Gasteiger partial charge is 0.507 e. The summed E-state index contributed by atoms with van der Waals surface area (Å²) in [4.78, 5) is 30.9. The van der Waals surface area contributed by atoms with Crippen molar-refractivity contribution in [2.45, 2.75) is 57.7 Å². The zero-order chi connectivity index (χ0) is 30.9. The van der Waals surface area contributed by atoms with Crippen LogP contribution in [0.1, 0.15) is 39.5 Å². The van der Waals surface area contributed by atoms with Crippen molar-refractivity contribution in [2.75, 3.05) is 49.1 Å². The first-order chi connectivity index (χ1) is 21.1. The number of piperazine rings is 1. The van der Waals surface area contributed by atoms with Crippen molar-refractivity contribution >= 4 is 40.2 Å². The first-order valence-electron chi connectivity index (χ1n) is 15.5. The number of likely N-dealkylation sites (tertiary alicyclic amines) is 1. The van der Waals surface area contributed by atoms with E-state index in [1.54, 1.807) is 11.0 Å². The van der Waals surface area contributed by atoms with E-state index in [9.17, 15) is 14.3 Å². The third-order valence-corrected chi connectivity index (χ3v) is 10.4. The van der Waals surface area contributed by atoms with E-state index in [0.29, 0.717) is 30.2 Å². The van der Waals surface area contributed by atoms with Gasteiger partial charge in [0.25, 0.3) is 0 Å². The fourth-order valence-electron chi connectivity index (χ4n) is 7.39. The topological polar surface area (TPSA) is 76.0 Å². The van der Waals surface area contributed by atoms with Crippen LogP contribution in [0, 0.1) is 17.0 Å². The van der Waals surface area contributed by atoms with Crippen LogP contribution in [0.25, 0.3) is 22.0 Å². The van der Waals surface area contributed by atoms with Crippen LogP contribution in [0.3, 0.4) is 0 Å². The number of piperidine rings is 1. The number of fused-ring (bicyclic) bond motifs is 1. The Balaban J connectivity index is 1.30. The minimum absolute atomic E-state index is 0.0148. The molecule has 0 unspecified atom stereocenters. The third kappa shape index (κ3) is 4.86. The number of nitrogens with zero attached hydrogens (tertiary/aromatic N) is 6. The Kier molecular flexibility index (Phi) is 7.20. The number of hydrogen-bond donors (Lipinski definition) is 1. The van der Waals surface area contributed by atoms with Crippen LogP contribution in [-0.4, -0.2) is 88.2 Å². The molecule has 1 saturated carbocycles. The molecule has 3 aromatic rings. The second-order valence-corrected chi connectivity index (χ2v) is 13.5. The fourth-order valence-corrected chi connectivity index (χ4v) is 7.68. The summed E-state index contributed by atoms with van der Waals surface area (Å²) < 4.78 is 31.6. The summed E-state index contributed by atoms with van der Waals surface area (Å²) in [6.45, 7) is 12.3. The van der Waals surface area contributed by atoms with E-state index in [2.05, 4.69) is 21.3 Å². The van der Waals surface area contributed by atoms with Crippen LogP contribution in [0.2, 0.25) is 5.02 Å². The predicted octanol–water partition coefficient (Wildman–Crippen LogP) is 5.61. The summed E-state index contributed by atoms with van der Waals surface area (Å²) in [5, 5.41) is 10.8. The lowest BCUT2D eigenvalue weighted by Crippen LogP contribution is -2.61. The Bertz CT molecular complexity index is 1630. The second-order valence-electron chi connectivity index (χ2n) is 13.1. The first-order valence-corrected chi connectivity index (χ1v) is 15.8. The molecule has 1 spiro atoms. The number of amides is 1. The molecule has 1 aliphatic carbocycles. The molecule has 44 heavy (non-hydrogen) atoms. The third-order valence-electron chi connectivity index (χ3n) is 10.1. The SMILES string of the molecule is C=CC(=O)N1C[C@H](C)N(c2nc(N3CC4(CCN(C5CC5)CC4)C3)nc3c(F)c(-c4c(O)cccc4F)c(Cl)cc23)C[C@H]1C. The molecular formula is C33H37ClF2N6O2. The lowest BCUT2D eigenvalue weighted by atomic mass is 9.72. The van der Waals surface area contributed by atoms with Crippen molar-refractivity contribution in [1.82, 2.24) is 19.8 Å². The Morgan fingerprint density at radius 2 is 1.82 bits per heavy atom. The number of rotatable bonds is 5. The van der Waals surface area contributed by atoms with Gasteiger partial charge in [0.1, 0.15) is 22.9 Å². The Morgan fingerprint density at radius 3 is 2.48 bits per heavy atom. The van der Waals surface area contributed by atoms with E-state index >= 15 is 4.39 Å². The van der Waals surface area contributed by atoms with Crippen LogP contribution in [-0.2, 0) is 4.79 Å². The minimum Gasteiger partial charge on any atom is -0.507 e. The fraction of sp³-hybridized carbons (Fsp3) is 0.485. The van der Waals surface area contributed by atoms with E-state index in [1.807, 2.05) is 13.8 Å². The number of halogens is 3. The average molecular weight is 623 g/mol. The highest BCUT2D eigenvalue weighted by Gasteiger charge is 2.48. The van der Waals surface area contributed by atoms with E-state index in [0.717, 1.165) is 51.1 Å². The van der Waals surface area contributed by atoms with Crippen LogP contribution in [0.15, 0.2) is 36.9 Å². The number of carbonyl (C=O) groups excluding carboxylic acids is 1. The minimum atomic E-state index is -0.813. The van der Waals surface area contributed by atoms with Gasteiger partial charge >= 0.3 is 0 Å². The molecule has 8 nitrogen and oxygen atoms in total. The van der Waals surface area contributed by atoms with Gasteiger partial charge < -0.3 is 24.7 Å². The maximum Gasteiger partial charge on any atom is 0.246 e. The van der Waals surface area contributed by atoms with Crippen molar-refractivity contribution in [2.24, 2.45) is 5.41 Å². The number of phenolic OH excluding ortho intramolecular Hbond substituents is 1. The van der Waals surface area contributed by atoms with E-state index in [1.165, 1.54) is 31.1 Å². The lowest BCUT2D eigenvalue weighted by Gasteiger charge is -2.54. The maximum absolute atomic E-state index is 16.6. The molecule has 4 heterocycles. The molecule has 7 rings (SSSR count). The van der Waals surface area contributed by atoms with Crippen molar-refractivity contribution in [3.63, 3.8) is 0 Å². The molecule has 3 aliphatic heterocycles. The predicted molar refractivity (Wildman–Crippen MR) is 168 cm³/mol. The number of benzene rings is 2. The van der Waals surface area contributed by atoms with Gasteiger partial charge in [-0.1, -0.05) is 24.2 Å². The van der Waals surface area contributed by atoms with Gasteiger partial charge in [-0.15, -0.1) is 0 Å². The van der Waals surface area contributed by atoms with Crippen LogP contribution >= 0.6 is 11.6 Å². The van der Waals surface area contributed by atoms with Gasteiger partial charge in [0, 0.05) is 60.7 Å². The smallest absolute Gasteiger partial charge is 0.246 e. The summed E-state index contributed by atoms with van der Waals surface area (Å²) >= 11 is 6.65. The summed E-state index contributed by atoms with van der Waals surface area (Å²) in [6, 6.07) is 5.84. The zero-order valence-electron chi connectivity index (χ0n) is 25.1. The molecular weight excluding hydrogens is 586 g/mol. The number of anilines is 2. The molecule has 11 heteroatoms. The van der Waals surface area contributed by atoms with Crippen LogP contribution < -0.4 is 9.80 Å². The summed E-state index contributed by atoms with van der Waals surface area (Å²) in [7, 11) is 0. The number of phenols is 1. The van der Waals surface area contributed by atoms with Crippen molar-refractivity contribution in [3.8, 4) is 16.9 Å². The number of aromatic nitrogens is 2. The van der Waals surface area contributed by atoms with E-state index in [4.69, 9.17) is 21.6 Å². The van der Waals surface area contributed by atoms with Crippen LogP contribution in [0.5, 0.6) is 5.75 Å². The molecule has 1 N–H and O–H groups in total. The highest BCUT2D eigenvalue weighted by molar-refractivity contribution is 6.34. The molecule has 1 amide bonds. The maximum atomic E-state index is 16.6. The number of carbonyl (C=O) groups is 1. The molecule has 4 aliphatic rings. The molecule has 1 aromatic heterocycles. The molecule has 0 radical (unpaired) electrons. The standard InChI is InChI=1S/C33H37ClF2N6O2/c1-4-26(44)41-15-20(3)42(16-19(41)2)31-22-14-23(34)27(28-24(35)6-5-7-25(28)43)29(36)30(22)37-32(38-31)40-17-33(18-40)10-12-39(13-11-33)21-8-9-21/h4-7,14,19-21,43H,1,8-13,15-18H2,2-3H3/t19-,20+/m1/s1. The summed E-state index contributed by atoms with van der Waals surface area (Å²) in [6.07, 6.45) is 6.18. The second kappa shape index (κ2) is 10.8. The monoisotopic (exact) mass is 622 g/mol. The highest BCUT2D eigenvalue weighted by Crippen LogP contribution is 2.46. The Hall–Kier alpha value is -3.50. The van der Waals surface area contributed by atoms with Gasteiger partial charge in [0.05, 0.1) is 10.6 Å². The normalized spacial score (nSPS) is 23.7. The molecule has 3 saturated heterocycles. The Morgan fingerprint density at radius 1 is 1.09 bits per heavy atom. The average Bonchev–Trinajstić information content (AvgIpc) is 3.83. The van der Waals surface area contributed by atoms with Gasteiger partial charge in [0.2, 0.25) is 11.9 Å². The lowest BCUT2D eigenvalue weighted by molar-refractivity contribution is -0.128. The van der Waals surface area contributed by atoms with Gasteiger partial charge in [-0.25, -0.2) is 13.8 Å². The summed E-state index contributed by atoms with van der Waals surface area (Å²) in [5.41, 5.74) is -0.324. The van der Waals surface area contributed by atoms with Gasteiger partial charge in [-0.2, -0.15) is 4.98 Å². The van der Waals surface area contributed by atoms with Crippen molar-refractivity contribution < 1.29 is 18.7 Å². The van der Waals surface area contributed by atoms with E-state index < -0.39 is 17.4 Å². The quantitative estimate of drug-likeness (QED) is 0.371. The van der Waals surface area contributed by atoms with Crippen molar-refractivity contribution in [3.05, 3.63) is 53.6 Å². The molecule has 2 aromatic carbocycles. The van der Waals surface area contributed by atoms with Crippen LogP contribution in [0.4, 0.5) is 20.5 Å². The molecule has 232 valence electrons. The number of aromatic hydroxyl groups is 1. The molecule has 2 atom stereocenters. The van der Waals surface area contributed by atoms with Gasteiger partial charge in [-0.3, -0.25) is 4.79 Å². The molecule has 0 bridgehead atoms. The first kappa shape index (κ1) is 29.2. The Labute approximate surface area is 260 Å². The van der Waals surface area contributed by atoms with Gasteiger partial charge in [-0.05, 0) is 76.9 Å². The summed E-state index contributed by atoms with van der Waals surface area (Å²) in [5.74, 6) is -1.22. The van der Waals surface area contributed by atoms with Gasteiger partial charge in [0.15, 0.2) is 5.82 Å². The molecule has 4 fully saturated rings. The van der Waals surface area contributed by atoms with E-state index in [-0.39, 0.29) is 45.1 Å². The van der Waals surface area contributed by atoms with Crippen molar-refractivity contribution in [1.29, 1.82) is 0 Å². The zero-order valence-corrected chi connectivity index (χ0v) is 25.8.